The van der Waals surface area contributed by atoms with Crippen molar-refractivity contribution in [3.8, 4) is 0 Å². The van der Waals surface area contributed by atoms with Gasteiger partial charge in [0.25, 0.3) is 0 Å². The van der Waals surface area contributed by atoms with Crippen molar-refractivity contribution in [3.63, 3.8) is 0 Å². The molecule has 1 saturated carbocycles. The number of aryl methyl sites for hydroxylation is 2. The van der Waals surface area contributed by atoms with E-state index in [0.29, 0.717) is 10.8 Å². The Kier molecular flexibility index (Phi) is 4.08. The topological polar surface area (TPSA) is 17.8 Å². The second kappa shape index (κ2) is 5.30. The first-order chi connectivity index (χ1) is 8.92. The molecule has 1 aliphatic carbocycles. The highest BCUT2D eigenvalue weighted by atomic mass is 15.3. The Hall–Kier alpha value is -0.790. The molecule has 108 valence electrons. The summed E-state index contributed by atoms with van der Waals surface area (Å²) in [6.45, 7) is 12.6. The Balaban J connectivity index is 2.05. The quantitative estimate of drug-likeness (QED) is 0.684. The number of aromatic nitrogens is 2. The first-order valence-electron chi connectivity index (χ1n) is 7.93. The summed E-state index contributed by atoms with van der Waals surface area (Å²) >= 11 is 0. The van der Waals surface area contributed by atoms with E-state index < -0.39 is 0 Å². The standard InChI is InChI=1S/C17H30N2/c1-6-8-16(5,7-2)12-17(9-10-17)13-19-15(4)11-14(3)18-19/h11H,6-10,12-13H2,1-5H3. The molecule has 1 aromatic heterocycles. The molecule has 1 aromatic rings. The van der Waals surface area contributed by atoms with E-state index in [1.807, 2.05) is 0 Å². The van der Waals surface area contributed by atoms with Crippen molar-refractivity contribution >= 4 is 0 Å². The van der Waals surface area contributed by atoms with E-state index in [1.54, 1.807) is 0 Å². The minimum absolute atomic E-state index is 0.529. The summed E-state index contributed by atoms with van der Waals surface area (Å²) in [5.41, 5.74) is 3.54. The molecule has 2 heteroatoms. The van der Waals surface area contributed by atoms with E-state index in [2.05, 4.69) is 50.5 Å². The molecule has 0 aromatic carbocycles. The molecule has 1 atom stereocenters. The number of hydrogen-bond acceptors (Lipinski definition) is 1. The van der Waals surface area contributed by atoms with Crippen molar-refractivity contribution in [2.45, 2.75) is 79.7 Å². The summed E-state index contributed by atoms with van der Waals surface area (Å²) < 4.78 is 2.24. The maximum atomic E-state index is 4.65. The van der Waals surface area contributed by atoms with Gasteiger partial charge in [0, 0.05) is 12.2 Å². The van der Waals surface area contributed by atoms with Gasteiger partial charge in [-0.05, 0) is 56.4 Å². The summed E-state index contributed by atoms with van der Waals surface area (Å²) in [5, 5.41) is 4.65. The van der Waals surface area contributed by atoms with Crippen LogP contribution >= 0.6 is 0 Å². The number of hydrogen-bond donors (Lipinski definition) is 0. The molecule has 0 radical (unpaired) electrons. The maximum absolute atomic E-state index is 4.65. The van der Waals surface area contributed by atoms with Gasteiger partial charge < -0.3 is 0 Å². The van der Waals surface area contributed by atoms with Crippen molar-refractivity contribution in [1.82, 2.24) is 9.78 Å². The first kappa shape index (κ1) is 14.6. The molecule has 19 heavy (non-hydrogen) atoms. The third-order valence-electron chi connectivity index (χ3n) is 5.05. The minimum atomic E-state index is 0.529. The second-order valence-electron chi connectivity index (χ2n) is 7.18. The van der Waals surface area contributed by atoms with Crippen LogP contribution in [0.3, 0.4) is 0 Å². The Morgan fingerprint density at radius 3 is 2.42 bits per heavy atom. The van der Waals surface area contributed by atoms with Crippen LogP contribution in [0.2, 0.25) is 0 Å². The average Bonchev–Trinajstić information content (AvgIpc) is 3.00. The van der Waals surface area contributed by atoms with Crippen LogP contribution < -0.4 is 0 Å². The predicted molar refractivity (Wildman–Crippen MR) is 81.3 cm³/mol. The third kappa shape index (κ3) is 3.40. The van der Waals surface area contributed by atoms with Crippen LogP contribution in [0.1, 0.15) is 70.7 Å². The van der Waals surface area contributed by atoms with Crippen molar-refractivity contribution in [1.29, 1.82) is 0 Å². The smallest absolute Gasteiger partial charge is 0.0596 e. The summed E-state index contributed by atoms with van der Waals surface area (Å²) in [6, 6.07) is 2.20. The molecular formula is C17H30N2. The minimum Gasteiger partial charge on any atom is -0.269 e. The van der Waals surface area contributed by atoms with Gasteiger partial charge in [0.05, 0.1) is 5.69 Å². The van der Waals surface area contributed by atoms with E-state index in [0.717, 1.165) is 12.2 Å². The maximum Gasteiger partial charge on any atom is 0.0596 e. The Bertz CT molecular complexity index is 428. The summed E-state index contributed by atoms with van der Waals surface area (Å²) in [5.74, 6) is 0. The van der Waals surface area contributed by atoms with Crippen LogP contribution in [0.4, 0.5) is 0 Å². The van der Waals surface area contributed by atoms with Gasteiger partial charge in [-0.3, -0.25) is 4.68 Å². The largest absolute Gasteiger partial charge is 0.269 e. The van der Waals surface area contributed by atoms with Gasteiger partial charge in [-0.1, -0.05) is 33.6 Å². The molecule has 2 rings (SSSR count). The average molecular weight is 262 g/mol. The van der Waals surface area contributed by atoms with Crippen LogP contribution in [0.5, 0.6) is 0 Å². The van der Waals surface area contributed by atoms with Crippen molar-refractivity contribution < 1.29 is 0 Å². The molecule has 0 N–H and O–H groups in total. The van der Waals surface area contributed by atoms with Gasteiger partial charge in [-0.2, -0.15) is 5.10 Å². The first-order valence-corrected chi connectivity index (χ1v) is 7.93. The normalized spacial score (nSPS) is 20.3. The van der Waals surface area contributed by atoms with Crippen molar-refractivity contribution in [3.05, 3.63) is 17.5 Å². The van der Waals surface area contributed by atoms with Gasteiger partial charge in [-0.15, -0.1) is 0 Å². The highest BCUT2D eigenvalue weighted by Gasteiger charge is 2.47. The van der Waals surface area contributed by atoms with Crippen LogP contribution in [-0.2, 0) is 6.54 Å². The van der Waals surface area contributed by atoms with Gasteiger partial charge in [0.2, 0.25) is 0 Å². The Labute approximate surface area is 118 Å². The molecule has 0 bridgehead atoms. The molecule has 2 nitrogen and oxygen atoms in total. The van der Waals surface area contributed by atoms with E-state index in [1.165, 1.54) is 44.2 Å². The predicted octanol–water partition coefficient (Wildman–Crippen LogP) is 4.89. The third-order valence-corrected chi connectivity index (χ3v) is 5.05. The zero-order chi connectivity index (χ0) is 14.1. The lowest BCUT2D eigenvalue weighted by Crippen LogP contribution is -2.24. The SMILES string of the molecule is CCCC(C)(CC)CC1(Cn2nc(C)cc2C)CC1. The second-order valence-corrected chi connectivity index (χ2v) is 7.18. The van der Waals surface area contributed by atoms with E-state index in [4.69, 9.17) is 0 Å². The van der Waals surface area contributed by atoms with E-state index >= 15 is 0 Å². The molecule has 0 spiro atoms. The Morgan fingerprint density at radius 2 is 2.00 bits per heavy atom. The highest BCUT2D eigenvalue weighted by Crippen LogP contribution is 2.56. The fourth-order valence-corrected chi connectivity index (χ4v) is 3.62. The lowest BCUT2D eigenvalue weighted by Gasteiger charge is -2.33. The van der Waals surface area contributed by atoms with Crippen LogP contribution in [0.15, 0.2) is 6.07 Å². The monoisotopic (exact) mass is 262 g/mol. The summed E-state index contributed by atoms with van der Waals surface area (Å²) in [4.78, 5) is 0. The lowest BCUT2D eigenvalue weighted by molar-refractivity contribution is 0.180. The fraction of sp³-hybridized carbons (Fsp3) is 0.824. The molecular weight excluding hydrogens is 232 g/mol. The zero-order valence-corrected chi connectivity index (χ0v) is 13.4. The Morgan fingerprint density at radius 1 is 1.32 bits per heavy atom. The molecule has 1 fully saturated rings. The van der Waals surface area contributed by atoms with Gasteiger partial charge in [-0.25, -0.2) is 0 Å². The molecule has 1 unspecified atom stereocenters. The van der Waals surface area contributed by atoms with E-state index in [9.17, 15) is 0 Å². The fourth-order valence-electron chi connectivity index (χ4n) is 3.62. The molecule has 0 amide bonds. The van der Waals surface area contributed by atoms with Gasteiger partial charge in [0.1, 0.15) is 0 Å². The summed E-state index contributed by atoms with van der Waals surface area (Å²) in [7, 11) is 0. The zero-order valence-electron chi connectivity index (χ0n) is 13.4. The van der Waals surface area contributed by atoms with Crippen LogP contribution in [0.25, 0.3) is 0 Å². The molecule has 1 heterocycles. The molecule has 0 saturated heterocycles. The van der Waals surface area contributed by atoms with E-state index in [-0.39, 0.29) is 0 Å². The number of rotatable bonds is 7. The summed E-state index contributed by atoms with van der Waals surface area (Å²) in [6.07, 6.45) is 8.14. The van der Waals surface area contributed by atoms with Crippen LogP contribution in [-0.4, -0.2) is 9.78 Å². The lowest BCUT2D eigenvalue weighted by atomic mass is 9.74. The molecule has 0 aliphatic heterocycles. The van der Waals surface area contributed by atoms with Crippen molar-refractivity contribution in [2.24, 2.45) is 10.8 Å². The van der Waals surface area contributed by atoms with Gasteiger partial charge in [0.15, 0.2) is 0 Å². The number of nitrogens with zero attached hydrogens (tertiary/aromatic N) is 2. The van der Waals surface area contributed by atoms with Gasteiger partial charge >= 0.3 is 0 Å². The van der Waals surface area contributed by atoms with Crippen LogP contribution in [0, 0.1) is 24.7 Å². The van der Waals surface area contributed by atoms with Crippen molar-refractivity contribution in [2.75, 3.05) is 0 Å². The highest BCUT2D eigenvalue weighted by molar-refractivity contribution is 5.08. The molecule has 1 aliphatic rings.